The topological polar surface area (TPSA) is 109 Å². The third-order valence-electron chi connectivity index (χ3n) is 2.21. The third kappa shape index (κ3) is 3.44. The summed E-state index contributed by atoms with van der Waals surface area (Å²) in [5.74, 6) is -1.19. The summed E-state index contributed by atoms with van der Waals surface area (Å²) in [6, 6.07) is 3.68. The molecule has 4 N–H and O–H groups in total. The molecule has 1 aromatic carbocycles. The van der Waals surface area contributed by atoms with Gasteiger partial charge < -0.3 is 10.8 Å². The fourth-order valence-electron chi connectivity index (χ4n) is 1.29. The van der Waals surface area contributed by atoms with Crippen LogP contribution in [0, 0.1) is 5.92 Å². The van der Waals surface area contributed by atoms with Crippen LogP contribution in [0.15, 0.2) is 23.1 Å². The van der Waals surface area contributed by atoms with Crippen molar-refractivity contribution in [3.63, 3.8) is 0 Å². The maximum Gasteiger partial charge on any atom is 0.337 e. The molecule has 0 amide bonds. The molecule has 0 aliphatic carbocycles. The Balaban J connectivity index is 3.22. The zero-order chi connectivity index (χ0) is 13.9. The highest BCUT2D eigenvalue weighted by molar-refractivity contribution is 7.89. The van der Waals surface area contributed by atoms with Crippen LogP contribution >= 0.6 is 0 Å². The average molecular weight is 272 g/mol. The lowest BCUT2D eigenvalue weighted by atomic mass is 10.2. The average Bonchev–Trinajstić information content (AvgIpc) is 2.26. The van der Waals surface area contributed by atoms with Crippen LogP contribution < -0.4 is 10.5 Å². The molecule has 0 unspecified atom stereocenters. The number of anilines is 1. The van der Waals surface area contributed by atoms with E-state index < -0.39 is 16.0 Å². The Bertz CT molecular complexity index is 552. The van der Waals surface area contributed by atoms with Gasteiger partial charge in [-0.3, -0.25) is 0 Å². The molecule has 0 fully saturated rings. The van der Waals surface area contributed by atoms with Crippen molar-refractivity contribution >= 4 is 21.7 Å². The molecule has 0 aliphatic rings. The fraction of sp³-hybridized carbons (Fsp3) is 0.364. The van der Waals surface area contributed by atoms with Crippen molar-refractivity contribution in [3.8, 4) is 0 Å². The quantitative estimate of drug-likeness (QED) is 0.690. The maximum atomic E-state index is 12.0. The Labute approximate surface area is 106 Å². The number of carbonyl (C=O) groups is 1. The van der Waals surface area contributed by atoms with E-state index in [4.69, 9.17) is 10.8 Å². The van der Waals surface area contributed by atoms with Gasteiger partial charge in [-0.25, -0.2) is 17.9 Å². The van der Waals surface area contributed by atoms with Crippen molar-refractivity contribution < 1.29 is 18.3 Å². The van der Waals surface area contributed by atoms with E-state index in [0.29, 0.717) is 0 Å². The van der Waals surface area contributed by atoms with Crippen molar-refractivity contribution in [1.82, 2.24) is 4.72 Å². The summed E-state index contributed by atoms with van der Waals surface area (Å²) >= 11 is 0. The minimum absolute atomic E-state index is 0.120. The lowest BCUT2D eigenvalue weighted by Crippen LogP contribution is -2.29. The van der Waals surface area contributed by atoms with Gasteiger partial charge in [0.15, 0.2) is 0 Å². The molecule has 1 rings (SSSR count). The van der Waals surface area contributed by atoms with Gasteiger partial charge in [-0.15, -0.1) is 0 Å². The highest BCUT2D eigenvalue weighted by Crippen LogP contribution is 2.19. The van der Waals surface area contributed by atoms with Crippen LogP contribution in [0.5, 0.6) is 0 Å². The number of rotatable bonds is 5. The lowest BCUT2D eigenvalue weighted by molar-refractivity contribution is 0.0692. The van der Waals surface area contributed by atoms with Gasteiger partial charge in [0.1, 0.15) is 0 Å². The van der Waals surface area contributed by atoms with Crippen LogP contribution in [0.25, 0.3) is 0 Å². The van der Waals surface area contributed by atoms with Crippen molar-refractivity contribution in [3.05, 3.63) is 23.8 Å². The van der Waals surface area contributed by atoms with Gasteiger partial charge in [0.2, 0.25) is 10.0 Å². The predicted molar refractivity (Wildman–Crippen MR) is 67.8 cm³/mol. The number of hydrogen-bond donors (Lipinski definition) is 3. The van der Waals surface area contributed by atoms with Crippen LogP contribution in [0.4, 0.5) is 5.69 Å². The van der Waals surface area contributed by atoms with Crippen LogP contribution in [-0.4, -0.2) is 26.0 Å². The molecule has 0 saturated carbocycles. The number of aromatic carboxylic acids is 1. The largest absolute Gasteiger partial charge is 0.478 e. The van der Waals surface area contributed by atoms with Gasteiger partial charge >= 0.3 is 5.97 Å². The number of benzene rings is 1. The molecule has 6 nitrogen and oxygen atoms in total. The Hall–Kier alpha value is -1.60. The SMILES string of the molecule is CC(C)CNS(=O)(=O)c1cc(N)ccc1C(=O)O. The minimum atomic E-state index is -3.86. The van der Waals surface area contributed by atoms with E-state index in [9.17, 15) is 13.2 Å². The third-order valence-corrected chi connectivity index (χ3v) is 3.67. The number of carboxylic acids is 1. The molecule has 0 heterocycles. The number of sulfonamides is 1. The normalized spacial score (nSPS) is 11.7. The zero-order valence-corrected chi connectivity index (χ0v) is 11.0. The molecule has 0 radical (unpaired) electrons. The molecule has 7 heteroatoms. The highest BCUT2D eigenvalue weighted by Gasteiger charge is 2.22. The maximum absolute atomic E-state index is 12.0. The van der Waals surface area contributed by atoms with Crippen LogP contribution in [0.1, 0.15) is 24.2 Å². The zero-order valence-electron chi connectivity index (χ0n) is 10.2. The molecule has 0 saturated heterocycles. The smallest absolute Gasteiger partial charge is 0.337 e. The first kappa shape index (κ1) is 14.5. The Morgan fingerprint density at radius 1 is 1.44 bits per heavy atom. The molecule has 0 atom stereocenters. The summed E-state index contributed by atoms with van der Waals surface area (Å²) in [6.07, 6.45) is 0. The van der Waals surface area contributed by atoms with E-state index in [1.807, 2.05) is 13.8 Å². The number of nitrogens with one attached hydrogen (secondary N) is 1. The molecule has 0 aromatic heterocycles. The number of nitrogen functional groups attached to an aromatic ring is 1. The van der Waals surface area contributed by atoms with E-state index in [1.54, 1.807) is 0 Å². The Morgan fingerprint density at radius 2 is 2.06 bits per heavy atom. The monoisotopic (exact) mass is 272 g/mol. The number of carboxylic acid groups (broad SMARTS) is 1. The first-order chi connectivity index (χ1) is 8.24. The molecule has 1 aromatic rings. The summed E-state index contributed by atoms with van der Waals surface area (Å²) in [7, 11) is -3.86. The summed E-state index contributed by atoms with van der Waals surface area (Å²) in [6.45, 7) is 3.93. The first-order valence-electron chi connectivity index (χ1n) is 5.36. The number of nitrogens with two attached hydrogens (primary N) is 1. The van der Waals surface area contributed by atoms with Gasteiger partial charge in [-0.05, 0) is 24.1 Å². The second kappa shape index (κ2) is 5.36. The second-order valence-corrected chi connectivity index (χ2v) is 6.04. The van der Waals surface area contributed by atoms with Crippen LogP contribution in [-0.2, 0) is 10.0 Å². The molecule has 100 valence electrons. The standard InChI is InChI=1S/C11H16N2O4S/c1-7(2)6-13-18(16,17)10-5-8(12)3-4-9(10)11(14)15/h3-5,7,13H,6,12H2,1-2H3,(H,14,15). The van der Waals surface area contributed by atoms with Crippen LogP contribution in [0.2, 0.25) is 0 Å². The summed E-state index contributed by atoms with van der Waals surface area (Å²) in [5.41, 5.74) is 5.40. The fourth-order valence-corrected chi connectivity index (χ4v) is 2.74. The van der Waals surface area contributed by atoms with Crippen molar-refractivity contribution in [1.29, 1.82) is 0 Å². The second-order valence-electron chi connectivity index (χ2n) is 4.31. The minimum Gasteiger partial charge on any atom is -0.478 e. The Kier molecular flexibility index (Phi) is 4.31. The van der Waals surface area contributed by atoms with Gasteiger partial charge in [-0.1, -0.05) is 13.8 Å². The van der Waals surface area contributed by atoms with Gasteiger partial charge in [0, 0.05) is 12.2 Å². The molecular formula is C11H16N2O4S. The lowest BCUT2D eigenvalue weighted by Gasteiger charge is -2.11. The van der Waals surface area contributed by atoms with E-state index >= 15 is 0 Å². The van der Waals surface area contributed by atoms with E-state index in [-0.39, 0.29) is 28.6 Å². The van der Waals surface area contributed by atoms with Crippen molar-refractivity contribution in [2.24, 2.45) is 5.92 Å². The van der Waals surface area contributed by atoms with E-state index in [1.165, 1.54) is 12.1 Å². The molecule has 0 aliphatic heterocycles. The van der Waals surface area contributed by atoms with E-state index in [0.717, 1.165) is 6.07 Å². The molecule has 18 heavy (non-hydrogen) atoms. The van der Waals surface area contributed by atoms with Gasteiger partial charge in [-0.2, -0.15) is 0 Å². The predicted octanol–water partition coefficient (Wildman–Crippen LogP) is 0.901. The molecular weight excluding hydrogens is 256 g/mol. The van der Waals surface area contributed by atoms with Gasteiger partial charge in [0.25, 0.3) is 0 Å². The summed E-state index contributed by atoms with van der Waals surface area (Å²) in [4.78, 5) is 10.7. The first-order valence-corrected chi connectivity index (χ1v) is 6.85. The van der Waals surface area contributed by atoms with Crippen LogP contribution in [0.3, 0.4) is 0 Å². The van der Waals surface area contributed by atoms with Gasteiger partial charge in [0.05, 0.1) is 10.5 Å². The molecule has 0 spiro atoms. The van der Waals surface area contributed by atoms with E-state index in [2.05, 4.69) is 4.72 Å². The summed E-state index contributed by atoms with van der Waals surface area (Å²) in [5, 5.41) is 8.96. The van der Waals surface area contributed by atoms with Crippen molar-refractivity contribution in [2.45, 2.75) is 18.7 Å². The highest BCUT2D eigenvalue weighted by atomic mass is 32.2. The number of hydrogen-bond acceptors (Lipinski definition) is 4. The van der Waals surface area contributed by atoms with Crippen molar-refractivity contribution in [2.75, 3.05) is 12.3 Å². The summed E-state index contributed by atoms with van der Waals surface area (Å²) < 4.78 is 26.3. The Morgan fingerprint density at radius 3 is 2.56 bits per heavy atom. The molecule has 0 bridgehead atoms.